The van der Waals surface area contributed by atoms with Gasteiger partial charge in [0.15, 0.2) is 0 Å². The molecule has 0 amide bonds. The summed E-state index contributed by atoms with van der Waals surface area (Å²) in [7, 11) is 3.32. The number of hydrogen-bond acceptors (Lipinski definition) is 7. The Morgan fingerprint density at radius 3 is 1.45 bits per heavy atom. The fraction of sp³-hybridized carbons (Fsp3) is 0.0600. The Kier molecular flexibility index (Phi) is 17.1. The summed E-state index contributed by atoms with van der Waals surface area (Å²) in [6.45, 7) is 0. The third kappa shape index (κ3) is 12.9. The molecule has 0 bridgehead atoms. The molecule has 10 heteroatoms. The number of pyridine rings is 3. The van der Waals surface area contributed by atoms with Gasteiger partial charge in [-0.25, -0.2) is 9.59 Å². The molecule has 0 spiro atoms. The van der Waals surface area contributed by atoms with E-state index in [0.717, 1.165) is 67.5 Å². The van der Waals surface area contributed by atoms with Crippen molar-refractivity contribution in [2.24, 2.45) is 0 Å². The summed E-state index contributed by atoms with van der Waals surface area (Å²) in [5.41, 5.74) is 9.51. The molecule has 0 saturated heterocycles. The summed E-state index contributed by atoms with van der Waals surface area (Å²) in [5, 5.41) is 18.0. The smallest absolute Gasteiger partial charge is 0.335 e. The van der Waals surface area contributed by atoms with Crippen LogP contribution >= 0.6 is 0 Å². The van der Waals surface area contributed by atoms with Crippen LogP contribution in [0.2, 0.25) is 0 Å². The molecule has 0 atom stereocenters. The number of aromatic carboxylic acids is 2. The zero-order valence-electron chi connectivity index (χ0n) is 32.0. The van der Waals surface area contributed by atoms with Gasteiger partial charge in [-0.05, 0) is 106 Å². The van der Waals surface area contributed by atoms with Crippen molar-refractivity contribution >= 4 is 48.4 Å². The van der Waals surface area contributed by atoms with Crippen LogP contribution in [0.4, 0.5) is 0 Å². The summed E-state index contributed by atoms with van der Waals surface area (Å²) in [4.78, 5) is 35.3. The molecular weight excluding hydrogens is 931 g/mol. The summed E-state index contributed by atoms with van der Waals surface area (Å²) in [6, 6.07) is 41.7. The average Bonchev–Trinajstić information content (AvgIpc) is 3.28. The van der Waals surface area contributed by atoms with Crippen LogP contribution in [-0.4, -0.2) is 51.3 Å². The number of nitrogens with zero attached hydrogens (tertiary/aromatic N) is 3. The molecule has 60 heavy (non-hydrogen) atoms. The van der Waals surface area contributed by atoms with E-state index in [4.69, 9.17) is 19.7 Å². The summed E-state index contributed by atoms with van der Waals surface area (Å²) < 4.78 is 10.7. The summed E-state index contributed by atoms with van der Waals surface area (Å²) in [5.74, 6) is -0.299. The van der Waals surface area contributed by atoms with E-state index in [1.54, 1.807) is 81.3 Å². The van der Waals surface area contributed by atoms with Gasteiger partial charge in [-0.2, -0.15) is 0 Å². The minimum absolute atomic E-state index is 0. The van der Waals surface area contributed by atoms with Crippen molar-refractivity contribution in [1.29, 1.82) is 0 Å². The molecule has 1 radical (unpaired) electrons. The van der Waals surface area contributed by atoms with Crippen LogP contribution < -0.4 is 9.47 Å². The minimum Gasteiger partial charge on any atom is -0.497 e. The fourth-order valence-electron chi connectivity index (χ4n) is 5.65. The van der Waals surface area contributed by atoms with Gasteiger partial charge >= 0.3 is 11.9 Å². The Hall–Kier alpha value is -7.26. The number of aromatic nitrogens is 3. The van der Waals surface area contributed by atoms with E-state index in [0.29, 0.717) is 0 Å². The Balaban J connectivity index is 0.000000270. The van der Waals surface area contributed by atoms with Crippen molar-refractivity contribution in [3.63, 3.8) is 0 Å². The Labute approximate surface area is 363 Å². The molecule has 0 saturated carbocycles. The summed E-state index contributed by atoms with van der Waals surface area (Å²) >= 11 is 0. The quantitative estimate of drug-likeness (QED) is 0.115. The minimum atomic E-state index is -0.949. The average molecular weight is 973 g/mol. The van der Waals surface area contributed by atoms with Gasteiger partial charge in [0, 0.05) is 44.3 Å². The molecule has 3 aromatic heterocycles. The van der Waals surface area contributed by atoms with Crippen LogP contribution in [0.25, 0.3) is 59.1 Å². The number of hydrogen-bond donors (Lipinski definition) is 2. The third-order valence-electron chi connectivity index (χ3n) is 8.74. The Morgan fingerprint density at radius 1 is 0.533 bits per heavy atom. The van der Waals surface area contributed by atoms with Crippen molar-refractivity contribution in [2.45, 2.75) is 7.43 Å². The van der Waals surface area contributed by atoms with E-state index >= 15 is 0 Å². The Morgan fingerprint density at radius 2 is 1.00 bits per heavy atom. The monoisotopic (exact) mass is 973 g/mol. The van der Waals surface area contributed by atoms with Crippen LogP contribution in [0.3, 0.4) is 0 Å². The van der Waals surface area contributed by atoms with E-state index in [2.05, 4.69) is 21.0 Å². The van der Waals surface area contributed by atoms with Crippen molar-refractivity contribution in [3.05, 3.63) is 197 Å². The second-order valence-electron chi connectivity index (χ2n) is 12.7. The van der Waals surface area contributed by atoms with Gasteiger partial charge in [0.25, 0.3) is 0 Å². The maximum absolute atomic E-state index is 11.0. The molecule has 0 aliphatic carbocycles. The van der Waals surface area contributed by atoms with E-state index in [9.17, 15) is 9.59 Å². The number of carboxylic acids is 2. The van der Waals surface area contributed by atoms with Gasteiger partial charge in [0.2, 0.25) is 0 Å². The van der Waals surface area contributed by atoms with E-state index in [1.165, 1.54) is 0 Å². The zero-order valence-corrected chi connectivity index (χ0v) is 34.4. The first kappa shape index (κ1) is 45.4. The normalized spacial score (nSPS) is 10.6. The van der Waals surface area contributed by atoms with Gasteiger partial charge in [0.1, 0.15) is 11.5 Å². The number of carbonyl (C=O) groups is 2. The van der Waals surface area contributed by atoms with Crippen LogP contribution in [0, 0.1) is 6.07 Å². The number of rotatable bonds is 12. The predicted octanol–water partition coefficient (Wildman–Crippen LogP) is 11.3. The molecule has 3 heterocycles. The number of ether oxygens (including phenoxy) is 2. The van der Waals surface area contributed by atoms with Crippen LogP contribution in [0.15, 0.2) is 146 Å². The molecule has 7 aromatic rings. The number of methoxy groups -OCH3 is 2. The SMILES string of the molecule is C.COc1ccc(OC)c(/C=C/c2ccnc(-c3[c-]cccc3)c2)c1.O=C(O)c1ccc(/C=C/c2ccnc(-c3cc(/C=C/c4ccc(C(=O)O)cc4)ccn3)c2)cc1.[Ir]. The molecule has 0 aliphatic rings. The van der Waals surface area contributed by atoms with Crippen LogP contribution in [0.5, 0.6) is 11.5 Å². The van der Waals surface area contributed by atoms with E-state index in [-0.39, 0.29) is 38.7 Å². The standard InChI is InChI=1S/C28H20N2O4.C21H18NO2.CH4.Ir/c31-27(32)23-9-5-19(6-10-23)1-3-21-13-15-29-25(17-21)26-18-22(14-16-30-26)4-2-20-7-11-24(12-8-20)28(33)34;1-23-19-10-11-21(24-2)18(15-19)9-8-16-12-13-22-20(14-16)17-6-4-3-5-7-17;;/h1-18H,(H,31,32)(H,33,34);3-6,8-15H,1-2H3;1H4;/q;-1;;/b3-1+,4-2+;9-8+;;. The molecule has 4 aromatic carbocycles. The Bertz CT molecular complexity index is 2480. The van der Waals surface area contributed by atoms with Gasteiger partial charge in [-0.15, -0.1) is 35.9 Å². The largest absolute Gasteiger partial charge is 0.497 e. The van der Waals surface area contributed by atoms with E-state index < -0.39 is 11.9 Å². The second kappa shape index (κ2) is 22.6. The second-order valence-corrected chi connectivity index (χ2v) is 12.7. The number of carboxylic acid groups (broad SMARTS) is 2. The van der Waals surface area contributed by atoms with Crippen molar-refractivity contribution < 1.29 is 49.4 Å². The van der Waals surface area contributed by atoms with E-state index in [1.807, 2.05) is 115 Å². The topological polar surface area (TPSA) is 132 Å². The van der Waals surface area contributed by atoms with Crippen LogP contribution in [-0.2, 0) is 20.1 Å². The maximum atomic E-state index is 11.0. The predicted molar refractivity (Wildman–Crippen MR) is 236 cm³/mol. The molecule has 2 N–H and O–H groups in total. The zero-order chi connectivity index (χ0) is 40.7. The third-order valence-corrected chi connectivity index (χ3v) is 8.74. The van der Waals surface area contributed by atoms with Gasteiger partial charge < -0.3 is 24.7 Å². The first-order chi connectivity index (χ1) is 28.3. The molecule has 0 fully saturated rings. The molecular formula is C50H42IrN3O6-. The molecule has 303 valence electrons. The summed E-state index contributed by atoms with van der Waals surface area (Å²) in [6.07, 6.45) is 17.0. The molecule has 7 rings (SSSR count). The van der Waals surface area contributed by atoms with Crippen molar-refractivity contribution in [2.75, 3.05) is 14.2 Å². The number of benzene rings is 4. The van der Waals surface area contributed by atoms with Crippen LogP contribution in [0.1, 0.15) is 61.5 Å². The van der Waals surface area contributed by atoms with Gasteiger partial charge in [-0.3, -0.25) is 9.97 Å². The van der Waals surface area contributed by atoms with Gasteiger partial charge in [0.05, 0.1) is 36.7 Å². The fourth-order valence-corrected chi connectivity index (χ4v) is 5.65. The molecule has 0 aliphatic heterocycles. The first-order valence-electron chi connectivity index (χ1n) is 18.1. The first-order valence-corrected chi connectivity index (χ1v) is 18.1. The van der Waals surface area contributed by atoms with Crippen molar-refractivity contribution in [1.82, 2.24) is 15.0 Å². The molecule has 0 unspecified atom stereocenters. The van der Waals surface area contributed by atoms with Gasteiger partial charge in [-0.1, -0.05) is 74.2 Å². The maximum Gasteiger partial charge on any atom is 0.335 e. The van der Waals surface area contributed by atoms with Crippen molar-refractivity contribution in [3.8, 4) is 34.1 Å². The molecule has 9 nitrogen and oxygen atoms in total.